The molecule has 0 fully saturated rings. The van der Waals surface area contributed by atoms with Crippen molar-refractivity contribution in [2.45, 2.75) is 19.8 Å². The van der Waals surface area contributed by atoms with E-state index in [0.29, 0.717) is 28.7 Å². The van der Waals surface area contributed by atoms with Crippen LogP contribution in [0.1, 0.15) is 30.1 Å². The highest BCUT2D eigenvalue weighted by atomic mass is 35.5. The lowest BCUT2D eigenvalue weighted by molar-refractivity contribution is 0.0953. The van der Waals surface area contributed by atoms with Gasteiger partial charge in [-0.25, -0.2) is 4.98 Å². The van der Waals surface area contributed by atoms with Gasteiger partial charge in [-0.1, -0.05) is 24.9 Å². The monoisotopic (exact) mass is 333 g/mol. The van der Waals surface area contributed by atoms with Crippen LogP contribution in [0.5, 0.6) is 5.75 Å². The number of ether oxygens (including phenoxy) is 1. The molecule has 2 aromatic rings. The van der Waals surface area contributed by atoms with E-state index in [1.54, 1.807) is 37.6 Å². The summed E-state index contributed by atoms with van der Waals surface area (Å²) in [6.45, 7) is 2.76. The predicted molar refractivity (Wildman–Crippen MR) is 92.8 cm³/mol. The van der Waals surface area contributed by atoms with Crippen molar-refractivity contribution in [1.29, 1.82) is 0 Å². The van der Waals surface area contributed by atoms with Gasteiger partial charge in [-0.15, -0.1) is 0 Å². The van der Waals surface area contributed by atoms with Gasteiger partial charge in [0.1, 0.15) is 11.6 Å². The molecule has 0 spiro atoms. The van der Waals surface area contributed by atoms with Crippen molar-refractivity contribution < 1.29 is 9.53 Å². The molecule has 5 nitrogen and oxygen atoms in total. The lowest BCUT2D eigenvalue weighted by Crippen LogP contribution is -2.24. The first-order valence-electron chi connectivity index (χ1n) is 7.49. The number of carbonyl (C=O) groups excluding carboxylic acids is 1. The molecule has 2 N–H and O–H groups in total. The number of halogens is 1. The number of unbranched alkanes of at least 4 members (excludes halogenated alkanes) is 1. The Labute approximate surface area is 141 Å². The molecule has 0 aliphatic rings. The maximum atomic E-state index is 12.1. The highest BCUT2D eigenvalue weighted by molar-refractivity contribution is 6.32. The van der Waals surface area contributed by atoms with Crippen molar-refractivity contribution in [3.05, 3.63) is 47.1 Å². The van der Waals surface area contributed by atoms with Crippen LogP contribution < -0.4 is 15.4 Å². The zero-order chi connectivity index (χ0) is 16.7. The average Bonchev–Trinajstić information content (AvgIpc) is 2.55. The number of anilines is 2. The first-order chi connectivity index (χ1) is 11.1. The van der Waals surface area contributed by atoms with Crippen molar-refractivity contribution in [3.63, 3.8) is 0 Å². The first-order valence-corrected chi connectivity index (χ1v) is 7.86. The van der Waals surface area contributed by atoms with Crippen LogP contribution in [0.4, 0.5) is 11.5 Å². The van der Waals surface area contributed by atoms with Crippen LogP contribution in [0, 0.1) is 0 Å². The molecule has 0 unspecified atom stereocenters. The second kappa shape index (κ2) is 8.39. The Morgan fingerprint density at radius 2 is 2.13 bits per heavy atom. The van der Waals surface area contributed by atoms with Crippen LogP contribution in [-0.4, -0.2) is 24.5 Å². The molecule has 1 amide bonds. The molecule has 0 atom stereocenters. The average molecular weight is 334 g/mol. The summed E-state index contributed by atoms with van der Waals surface area (Å²) < 4.78 is 5.12. The Morgan fingerprint density at radius 3 is 2.83 bits per heavy atom. The van der Waals surface area contributed by atoms with Gasteiger partial charge >= 0.3 is 0 Å². The SMILES string of the molecule is CCCCNC(=O)c1ccnc(Nc2ccc(OC)c(Cl)c2)c1. The highest BCUT2D eigenvalue weighted by Crippen LogP contribution is 2.28. The maximum absolute atomic E-state index is 12.1. The Kier molecular flexibility index (Phi) is 6.23. The number of hydrogen-bond donors (Lipinski definition) is 2. The summed E-state index contributed by atoms with van der Waals surface area (Å²) in [5, 5.41) is 6.52. The topological polar surface area (TPSA) is 63.2 Å². The fourth-order valence-corrected chi connectivity index (χ4v) is 2.27. The molecule has 2 rings (SSSR count). The lowest BCUT2D eigenvalue weighted by atomic mass is 10.2. The summed E-state index contributed by atoms with van der Waals surface area (Å²) in [6, 6.07) is 8.75. The minimum atomic E-state index is -0.100. The summed E-state index contributed by atoms with van der Waals surface area (Å²) in [6.07, 6.45) is 3.61. The molecule has 0 bridgehead atoms. The number of amides is 1. The van der Waals surface area contributed by atoms with Gasteiger partial charge in [-0.05, 0) is 36.8 Å². The van der Waals surface area contributed by atoms with Crippen LogP contribution >= 0.6 is 11.6 Å². The van der Waals surface area contributed by atoms with Crippen molar-refractivity contribution in [1.82, 2.24) is 10.3 Å². The summed E-state index contributed by atoms with van der Waals surface area (Å²) >= 11 is 6.10. The van der Waals surface area contributed by atoms with E-state index in [1.807, 2.05) is 6.07 Å². The molecule has 23 heavy (non-hydrogen) atoms. The Bertz CT molecular complexity index is 677. The van der Waals surface area contributed by atoms with E-state index in [2.05, 4.69) is 22.5 Å². The summed E-state index contributed by atoms with van der Waals surface area (Å²) in [7, 11) is 1.57. The molecule has 1 aromatic heterocycles. The lowest BCUT2D eigenvalue weighted by Gasteiger charge is -2.10. The zero-order valence-electron chi connectivity index (χ0n) is 13.2. The van der Waals surface area contributed by atoms with Gasteiger partial charge in [0.05, 0.1) is 12.1 Å². The molecule has 0 aliphatic carbocycles. The first kappa shape index (κ1) is 17.1. The van der Waals surface area contributed by atoms with Gasteiger partial charge in [-0.3, -0.25) is 4.79 Å². The zero-order valence-corrected chi connectivity index (χ0v) is 14.0. The van der Waals surface area contributed by atoms with E-state index in [9.17, 15) is 4.79 Å². The number of rotatable bonds is 7. The van der Waals surface area contributed by atoms with Crippen LogP contribution in [0.15, 0.2) is 36.5 Å². The molecular formula is C17H20ClN3O2. The molecule has 122 valence electrons. The minimum Gasteiger partial charge on any atom is -0.495 e. The third-order valence-electron chi connectivity index (χ3n) is 3.26. The molecule has 0 radical (unpaired) electrons. The van der Waals surface area contributed by atoms with Gasteiger partial charge in [-0.2, -0.15) is 0 Å². The number of hydrogen-bond acceptors (Lipinski definition) is 4. The molecular weight excluding hydrogens is 314 g/mol. The van der Waals surface area contributed by atoms with Gasteiger partial charge < -0.3 is 15.4 Å². The van der Waals surface area contributed by atoms with Gasteiger partial charge in [0, 0.05) is 24.0 Å². The smallest absolute Gasteiger partial charge is 0.251 e. The van der Waals surface area contributed by atoms with E-state index in [1.165, 1.54) is 0 Å². The van der Waals surface area contributed by atoms with E-state index < -0.39 is 0 Å². The Hall–Kier alpha value is -2.27. The van der Waals surface area contributed by atoms with Crippen LogP contribution in [0.2, 0.25) is 5.02 Å². The van der Waals surface area contributed by atoms with Crippen molar-refractivity contribution in [2.75, 3.05) is 19.0 Å². The maximum Gasteiger partial charge on any atom is 0.251 e. The standard InChI is InChI=1S/C17H20ClN3O2/c1-3-4-8-20-17(22)12-7-9-19-16(10-12)21-13-5-6-15(23-2)14(18)11-13/h5-7,9-11H,3-4,8H2,1-2H3,(H,19,21)(H,20,22). The van der Waals surface area contributed by atoms with Crippen molar-refractivity contribution >= 4 is 29.0 Å². The van der Waals surface area contributed by atoms with Crippen molar-refractivity contribution in [3.8, 4) is 5.75 Å². The summed E-state index contributed by atoms with van der Waals surface area (Å²) in [4.78, 5) is 16.3. The van der Waals surface area contributed by atoms with Crippen molar-refractivity contribution in [2.24, 2.45) is 0 Å². The van der Waals surface area contributed by atoms with Gasteiger partial charge in [0.2, 0.25) is 0 Å². The van der Waals surface area contributed by atoms with E-state index in [-0.39, 0.29) is 5.91 Å². The summed E-state index contributed by atoms with van der Waals surface area (Å²) in [5.74, 6) is 1.08. The third-order valence-corrected chi connectivity index (χ3v) is 3.56. The normalized spacial score (nSPS) is 10.2. The number of carbonyl (C=O) groups is 1. The minimum absolute atomic E-state index is 0.100. The Morgan fingerprint density at radius 1 is 1.30 bits per heavy atom. The number of benzene rings is 1. The van der Waals surface area contributed by atoms with Crippen LogP contribution in [0.25, 0.3) is 0 Å². The van der Waals surface area contributed by atoms with Crippen LogP contribution in [0.3, 0.4) is 0 Å². The fraction of sp³-hybridized carbons (Fsp3) is 0.294. The van der Waals surface area contributed by atoms with Crippen LogP contribution in [-0.2, 0) is 0 Å². The Balaban J connectivity index is 2.07. The number of nitrogens with one attached hydrogen (secondary N) is 2. The highest BCUT2D eigenvalue weighted by Gasteiger charge is 2.07. The molecule has 0 saturated carbocycles. The number of methoxy groups -OCH3 is 1. The quantitative estimate of drug-likeness (QED) is 0.751. The van der Waals surface area contributed by atoms with E-state index in [0.717, 1.165) is 18.5 Å². The molecule has 0 aliphatic heterocycles. The summed E-state index contributed by atoms with van der Waals surface area (Å²) in [5.41, 5.74) is 1.34. The predicted octanol–water partition coefficient (Wildman–Crippen LogP) is 4.02. The van der Waals surface area contributed by atoms with Gasteiger partial charge in [0.25, 0.3) is 5.91 Å². The second-order valence-corrected chi connectivity index (χ2v) is 5.42. The molecule has 6 heteroatoms. The second-order valence-electron chi connectivity index (χ2n) is 5.01. The third kappa shape index (κ3) is 4.86. The molecule has 1 aromatic carbocycles. The van der Waals surface area contributed by atoms with Gasteiger partial charge in [0.15, 0.2) is 0 Å². The molecule has 0 saturated heterocycles. The fourth-order valence-electron chi connectivity index (χ4n) is 2.01. The largest absolute Gasteiger partial charge is 0.495 e. The molecule has 1 heterocycles. The number of nitrogens with zero attached hydrogens (tertiary/aromatic N) is 1. The van der Waals surface area contributed by atoms with E-state index in [4.69, 9.17) is 16.3 Å². The number of pyridine rings is 1. The van der Waals surface area contributed by atoms with E-state index >= 15 is 0 Å². The number of aromatic nitrogens is 1.